The summed E-state index contributed by atoms with van der Waals surface area (Å²) in [5.41, 5.74) is 0. The third-order valence-corrected chi connectivity index (χ3v) is 6.19. The van der Waals surface area contributed by atoms with Gasteiger partial charge in [0.05, 0.1) is 9.79 Å². The largest absolute Gasteiger partial charge is 0.243 e. The molecule has 1 heterocycles. The second-order valence-electron chi connectivity index (χ2n) is 4.71. The molecule has 1 aromatic rings. The quantitative estimate of drug-likeness (QED) is 0.843. The topological polar surface area (TPSA) is 71.5 Å². The first-order valence-corrected chi connectivity index (χ1v) is 9.45. The molecule has 0 amide bonds. The van der Waals surface area contributed by atoms with Crippen molar-refractivity contribution in [1.82, 2.24) is 4.31 Å². The zero-order valence-corrected chi connectivity index (χ0v) is 12.4. The summed E-state index contributed by atoms with van der Waals surface area (Å²) in [7, 11) is -6.98. The van der Waals surface area contributed by atoms with Crippen molar-refractivity contribution in [2.24, 2.45) is 0 Å². The molecule has 7 heteroatoms. The molecular formula is C12H17NO4S2. The molecule has 0 radical (unpaired) electrons. The number of benzene rings is 1. The van der Waals surface area contributed by atoms with Crippen molar-refractivity contribution in [1.29, 1.82) is 0 Å². The highest BCUT2D eigenvalue weighted by Crippen LogP contribution is 2.22. The summed E-state index contributed by atoms with van der Waals surface area (Å²) < 4.78 is 49.2. The third kappa shape index (κ3) is 3.16. The van der Waals surface area contributed by atoms with Gasteiger partial charge in [-0.25, -0.2) is 16.8 Å². The number of piperidine rings is 1. The maximum Gasteiger partial charge on any atom is 0.243 e. The molecule has 19 heavy (non-hydrogen) atoms. The number of nitrogens with zero attached hydrogens (tertiary/aromatic N) is 1. The second kappa shape index (κ2) is 5.22. The van der Waals surface area contributed by atoms with Crippen molar-refractivity contribution in [2.75, 3.05) is 19.3 Å². The average Bonchev–Trinajstić information content (AvgIpc) is 2.39. The van der Waals surface area contributed by atoms with Crippen LogP contribution in [0, 0.1) is 0 Å². The van der Waals surface area contributed by atoms with Gasteiger partial charge in [-0.15, -0.1) is 0 Å². The van der Waals surface area contributed by atoms with E-state index in [2.05, 4.69) is 0 Å². The van der Waals surface area contributed by atoms with E-state index in [1.165, 1.54) is 28.6 Å². The minimum atomic E-state index is -3.58. The number of rotatable bonds is 3. The van der Waals surface area contributed by atoms with Crippen LogP contribution >= 0.6 is 0 Å². The van der Waals surface area contributed by atoms with E-state index in [4.69, 9.17) is 0 Å². The van der Waals surface area contributed by atoms with Gasteiger partial charge in [0.25, 0.3) is 0 Å². The molecule has 2 rings (SSSR count). The van der Waals surface area contributed by atoms with E-state index in [0.29, 0.717) is 13.1 Å². The van der Waals surface area contributed by atoms with Gasteiger partial charge in [-0.2, -0.15) is 4.31 Å². The van der Waals surface area contributed by atoms with E-state index in [-0.39, 0.29) is 9.79 Å². The maximum absolute atomic E-state index is 12.4. The Hall–Kier alpha value is -0.920. The molecule has 0 aromatic heterocycles. The molecule has 1 fully saturated rings. The lowest BCUT2D eigenvalue weighted by atomic mass is 10.2. The zero-order valence-electron chi connectivity index (χ0n) is 10.7. The Bertz CT molecular complexity index is 659. The van der Waals surface area contributed by atoms with Crippen LogP contribution in [0.5, 0.6) is 0 Å². The van der Waals surface area contributed by atoms with E-state index in [9.17, 15) is 16.8 Å². The first-order valence-electron chi connectivity index (χ1n) is 6.12. The molecule has 0 saturated carbocycles. The molecule has 0 bridgehead atoms. The van der Waals surface area contributed by atoms with Gasteiger partial charge in [0.1, 0.15) is 0 Å². The Morgan fingerprint density at radius 1 is 0.947 bits per heavy atom. The summed E-state index contributed by atoms with van der Waals surface area (Å²) in [6.07, 6.45) is 3.81. The van der Waals surface area contributed by atoms with E-state index < -0.39 is 19.9 Å². The fourth-order valence-corrected chi connectivity index (χ4v) is 4.42. The summed E-state index contributed by atoms with van der Waals surface area (Å²) in [6, 6.07) is 5.55. The summed E-state index contributed by atoms with van der Waals surface area (Å²) in [6.45, 7) is 1.01. The lowest BCUT2D eigenvalue weighted by Gasteiger charge is -2.25. The molecule has 1 saturated heterocycles. The van der Waals surface area contributed by atoms with Crippen LogP contribution in [0.1, 0.15) is 19.3 Å². The van der Waals surface area contributed by atoms with Crippen LogP contribution in [0.3, 0.4) is 0 Å². The number of hydrogen-bond donors (Lipinski definition) is 0. The van der Waals surface area contributed by atoms with E-state index >= 15 is 0 Å². The standard InChI is InChI=1S/C12H17NO4S2/c1-18(14,15)11-6-5-7-12(10-11)19(16,17)13-8-3-2-4-9-13/h5-7,10H,2-4,8-9H2,1H3. The van der Waals surface area contributed by atoms with Gasteiger partial charge in [-0.05, 0) is 31.0 Å². The highest BCUT2D eigenvalue weighted by atomic mass is 32.2. The molecule has 1 aliphatic heterocycles. The zero-order chi connectivity index (χ0) is 14.1. The minimum absolute atomic E-state index is 0.0329. The highest BCUT2D eigenvalue weighted by molar-refractivity contribution is 7.91. The Labute approximate surface area is 114 Å². The predicted molar refractivity (Wildman–Crippen MR) is 72.2 cm³/mol. The molecule has 1 aromatic carbocycles. The van der Waals surface area contributed by atoms with E-state index in [0.717, 1.165) is 25.5 Å². The number of sulfone groups is 1. The van der Waals surface area contributed by atoms with Gasteiger partial charge >= 0.3 is 0 Å². The van der Waals surface area contributed by atoms with Crippen LogP contribution in [-0.2, 0) is 19.9 Å². The first kappa shape index (κ1) is 14.5. The predicted octanol–water partition coefficient (Wildman–Crippen LogP) is 1.26. The van der Waals surface area contributed by atoms with E-state index in [1.807, 2.05) is 0 Å². The smallest absolute Gasteiger partial charge is 0.224 e. The first-order chi connectivity index (χ1) is 8.82. The Balaban J connectivity index is 2.41. The van der Waals surface area contributed by atoms with Crippen molar-refractivity contribution in [3.05, 3.63) is 24.3 Å². The Morgan fingerprint density at radius 3 is 2.11 bits per heavy atom. The monoisotopic (exact) mass is 303 g/mol. The lowest BCUT2D eigenvalue weighted by molar-refractivity contribution is 0.346. The summed E-state index contributed by atoms with van der Waals surface area (Å²) in [4.78, 5) is 0.0860. The van der Waals surface area contributed by atoms with Crippen LogP contribution in [0.25, 0.3) is 0 Å². The van der Waals surface area contributed by atoms with Crippen molar-refractivity contribution < 1.29 is 16.8 Å². The molecule has 0 N–H and O–H groups in total. The van der Waals surface area contributed by atoms with Crippen LogP contribution in [0.2, 0.25) is 0 Å². The molecular weight excluding hydrogens is 286 g/mol. The van der Waals surface area contributed by atoms with Crippen LogP contribution in [0.4, 0.5) is 0 Å². The fourth-order valence-electron chi connectivity index (χ4n) is 2.12. The average molecular weight is 303 g/mol. The Kier molecular flexibility index (Phi) is 3.98. The molecule has 0 unspecified atom stereocenters. The SMILES string of the molecule is CS(=O)(=O)c1cccc(S(=O)(=O)N2CCCCC2)c1. The van der Waals surface area contributed by atoms with Crippen molar-refractivity contribution >= 4 is 19.9 Å². The molecule has 0 atom stereocenters. The molecule has 0 spiro atoms. The van der Waals surface area contributed by atoms with Gasteiger partial charge in [0.2, 0.25) is 10.0 Å². The summed E-state index contributed by atoms with van der Waals surface area (Å²) in [5, 5.41) is 0. The van der Waals surface area contributed by atoms with Crippen molar-refractivity contribution in [3.63, 3.8) is 0 Å². The van der Waals surface area contributed by atoms with Crippen LogP contribution in [0.15, 0.2) is 34.1 Å². The maximum atomic E-state index is 12.4. The summed E-state index contributed by atoms with van der Waals surface area (Å²) in [5.74, 6) is 0. The van der Waals surface area contributed by atoms with Gasteiger partial charge in [-0.3, -0.25) is 0 Å². The van der Waals surface area contributed by atoms with Gasteiger partial charge in [-0.1, -0.05) is 12.5 Å². The lowest BCUT2D eigenvalue weighted by Crippen LogP contribution is -2.35. The van der Waals surface area contributed by atoms with Crippen molar-refractivity contribution in [3.8, 4) is 0 Å². The Morgan fingerprint density at radius 2 is 1.53 bits per heavy atom. The van der Waals surface area contributed by atoms with Crippen LogP contribution in [-0.4, -0.2) is 40.5 Å². The van der Waals surface area contributed by atoms with Crippen molar-refractivity contribution in [2.45, 2.75) is 29.1 Å². The van der Waals surface area contributed by atoms with Gasteiger partial charge in [0, 0.05) is 19.3 Å². The normalized spacial score (nSPS) is 18.4. The highest BCUT2D eigenvalue weighted by Gasteiger charge is 2.26. The molecule has 1 aliphatic rings. The fraction of sp³-hybridized carbons (Fsp3) is 0.500. The molecule has 5 nitrogen and oxygen atoms in total. The molecule has 106 valence electrons. The summed E-state index contributed by atoms with van der Waals surface area (Å²) >= 11 is 0. The van der Waals surface area contributed by atoms with Gasteiger partial charge in [0.15, 0.2) is 9.84 Å². The van der Waals surface area contributed by atoms with E-state index in [1.54, 1.807) is 0 Å². The number of sulfonamides is 1. The minimum Gasteiger partial charge on any atom is -0.224 e. The van der Waals surface area contributed by atoms with Gasteiger partial charge < -0.3 is 0 Å². The van der Waals surface area contributed by atoms with Crippen LogP contribution < -0.4 is 0 Å². The number of hydrogen-bond acceptors (Lipinski definition) is 4. The second-order valence-corrected chi connectivity index (χ2v) is 8.67. The molecule has 0 aliphatic carbocycles. The third-order valence-electron chi connectivity index (χ3n) is 3.19.